The summed E-state index contributed by atoms with van der Waals surface area (Å²) in [4.78, 5) is 32.9. The van der Waals surface area contributed by atoms with Crippen molar-refractivity contribution in [1.29, 1.82) is 0 Å². The van der Waals surface area contributed by atoms with Crippen LogP contribution < -0.4 is 10.3 Å². The Balaban J connectivity index is 1.66. The van der Waals surface area contributed by atoms with E-state index < -0.39 is 5.56 Å². The molecule has 1 aromatic carbocycles. The summed E-state index contributed by atoms with van der Waals surface area (Å²) in [6.07, 6.45) is 1.30. The van der Waals surface area contributed by atoms with Gasteiger partial charge in [0.2, 0.25) is 0 Å². The van der Waals surface area contributed by atoms with Crippen molar-refractivity contribution < 1.29 is 9.53 Å². The molecular weight excluding hydrogens is 338 g/mol. The summed E-state index contributed by atoms with van der Waals surface area (Å²) in [5.41, 5.74) is 0.572. The van der Waals surface area contributed by atoms with Gasteiger partial charge >= 0.3 is 0 Å². The Bertz CT molecular complexity index is 891. The van der Waals surface area contributed by atoms with E-state index in [1.807, 2.05) is 47.2 Å². The zero-order valence-electron chi connectivity index (χ0n) is 13.6. The van der Waals surface area contributed by atoms with E-state index in [1.165, 1.54) is 11.1 Å². The molecule has 0 saturated heterocycles. The molecule has 0 aliphatic rings. The van der Waals surface area contributed by atoms with Crippen LogP contribution in [0.3, 0.4) is 0 Å². The first-order valence-electron chi connectivity index (χ1n) is 7.66. The number of hydrogen-bond acceptors (Lipinski definition) is 5. The number of thiophene rings is 1. The average molecular weight is 355 g/mol. The van der Waals surface area contributed by atoms with Crippen LogP contribution in [0.25, 0.3) is 0 Å². The van der Waals surface area contributed by atoms with Gasteiger partial charge in [-0.05, 0) is 34.5 Å². The molecule has 128 valence electrons. The monoisotopic (exact) mass is 355 g/mol. The lowest BCUT2D eigenvalue weighted by Crippen LogP contribution is -2.32. The Kier molecular flexibility index (Phi) is 5.25. The second kappa shape index (κ2) is 7.76. The van der Waals surface area contributed by atoms with Gasteiger partial charge in [0.05, 0.1) is 0 Å². The van der Waals surface area contributed by atoms with Crippen LogP contribution in [0.2, 0.25) is 0 Å². The zero-order valence-corrected chi connectivity index (χ0v) is 14.5. The fourth-order valence-electron chi connectivity index (χ4n) is 2.26. The molecule has 1 amide bonds. The number of ether oxygens (including phenoxy) is 1. The molecule has 1 N–H and O–H groups in total. The SMILES string of the molecule is CN(Cc1ccsc1)C(=O)c1cnc(COc2ccccc2)[nH]c1=O. The van der Waals surface area contributed by atoms with Gasteiger partial charge in [-0.2, -0.15) is 11.3 Å². The fraction of sp³-hybridized carbons (Fsp3) is 0.167. The van der Waals surface area contributed by atoms with Crippen LogP contribution in [-0.2, 0) is 13.2 Å². The van der Waals surface area contributed by atoms with Gasteiger partial charge in [0.25, 0.3) is 11.5 Å². The maximum atomic E-state index is 12.4. The second-order valence-corrected chi connectivity index (χ2v) is 6.25. The summed E-state index contributed by atoms with van der Waals surface area (Å²) in [7, 11) is 1.66. The molecule has 2 heterocycles. The van der Waals surface area contributed by atoms with Crippen molar-refractivity contribution in [1.82, 2.24) is 14.9 Å². The van der Waals surface area contributed by atoms with E-state index in [0.717, 1.165) is 5.56 Å². The number of hydrogen-bond donors (Lipinski definition) is 1. The van der Waals surface area contributed by atoms with Crippen LogP contribution >= 0.6 is 11.3 Å². The highest BCUT2D eigenvalue weighted by atomic mass is 32.1. The number of rotatable bonds is 6. The molecular formula is C18H17N3O3S. The molecule has 0 bridgehead atoms. The lowest BCUT2D eigenvalue weighted by Gasteiger charge is -2.16. The first-order valence-corrected chi connectivity index (χ1v) is 8.60. The van der Waals surface area contributed by atoms with Crippen molar-refractivity contribution in [3.63, 3.8) is 0 Å². The van der Waals surface area contributed by atoms with Gasteiger partial charge < -0.3 is 14.6 Å². The summed E-state index contributed by atoms with van der Waals surface area (Å²) < 4.78 is 5.54. The highest BCUT2D eigenvalue weighted by Gasteiger charge is 2.17. The maximum Gasteiger partial charge on any atom is 0.263 e. The number of aromatic amines is 1. The molecule has 0 unspecified atom stereocenters. The molecule has 7 heteroatoms. The summed E-state index contributed by atoms with van der Waals surface area (Å²) in [5, 5.41) is 3.92. The summed E-state index contributed by atoms with van der Waals surface area (Å²) in [5.74, 6) is 0.683. The minimum absolute atomic E-state index is 0.0150. The number of carbonyl (C=O) groups is 1. The number of H-pyrrole nitrogens is 1. The molecule has 0 fully saturated rings. The Morgan fingerprint density at radius 1 is 1.28 bits per heavy atom. The van der Waals surface area contributed by atoms with Crippen LogP contribution in [0, 0.1) is 0 Å². The lowest BCUT2D eigenvalue weighted by atomic mass is 10.2. The molecule has 3 aromatic rings. The van der Waals surface area contributed by atoms with E-state index in [1.54, 1.807) is 18.4 Å². The van der Waals surface area contributed by atoms with Crippen molar-refractivity contribution in [3.05, 3.63) is 80.7 Å². The predicted molar refractivity (Wildman–Crippen MR) is 95.7 cm³/mol. The average Bonchev–Trinajstić information content (AvgIpc) is 3.13. The van der Waals surface area contributed by atoms with Crippen LogP contribution in [-0.4, -0.2) is 27.8 Å². The molecule has 6 nitrogen and oxygen atoms in total. The largest absolute Gasteiger partial charge is 0.486 e. The fourth-order valence-corrected chi connectivity index (χ4v) is 2.92. The Morgan fingerprint density at radius 2 is 2.08 bits per heavy atom. The van der Waals surface area contributed by atoms with Crippen molar-refractivity contribution in [2.75, 3.05) is 7.05 Å². The number of benzene rings is 1. The summed E-state index contributed by atoms with van der Waals surface area (Å²) in [6.45, 7) is 0.569. The predicted octanol–water partition coefficient (Wildman–Crippen LogP) is 2.68. The molecule has 0 atom stereocenters. The highest BCUT2D eigenvalue weighted by Crippen LogP contribution is 2.11. The minimum Gasteiger partial charge on any atom is -0.486 e. The number of nitrogens with zero attached hydrogens (tertiary/aromatic N) is 2. The number of nitrogens with one attached hydrogen (secondary N) is 1. The third kappa shape index (κ3) is 4.33. The van der Waals surface area contributed by atoms with Crippen molar-refractivity contribution in [3.8, 4) is 5.75 Å². The number of carbonyl (C=O) groups excluding carboxylic acids is 1. The lowest BCUT2D eigenvalue weighted by molar-refractivity contribution is 0.0782. The summed E-state index contributed by atoms with van der Waals surface area (Å²) >= 11 is 1.57. The van der Waals surface area contributed by atoms with Crippen molar-refractivity contribution >= 4 is 17.2 Å². The molecule has 0 aliphatic heterocycles. The normalized spacial score (nSPS) is 10.4. The van der Waals surface area contributed by atoms with Gasteiger partial charge in [-0.1, -0.05) is 18.2 Å². The molecule has 0 spiro atoms. The van der Waals surface area contributed by atoms with Crippen LogP contribution in [0.1, 0.15) is 21.7 Å². The third-order valence-electron chi connectivity index (χ3n) is 3.55. The molecule has 25 heavy (non-hydrogen) atoms. The smallest absolute Gasteiger partial charge is 0.263 e. The molecule has 0 saturated carbocycles. The van der Waals surface area contributed by atoms with Gasteiger partial charge in [-0.15, -0.1) is 0 Å². The number of para-hydroxylation sites is 1. The number of amides is 1. The topological polar surface area (TPSA) is 75.3 Å². The van der Waals surface area contributed by atoms with Crippen LogP contribution in [0.4, 0.5) is 0 Å². The summed E-state index contributed by atoms with van der Waals surface area (Å²) in [6, 6.07) is 11.2. The minimum atomic E-state index is -0.469. The third-order valence-corrected chi connectivity index (χ3v) is 4.28. The van der Waals surface area contributed by atoms with E-state index in [-0.39, 0.29) is 18.1 Å². The van der Waals surface area contributed by atoms with E-state index >= 15 is 0 Å². The van der Waals surface area contributed by atoms with E-state index in [9.17, 15) is 9.59 Å². The van der Waals surface area contributed by atoms with Gasteiger partial charge in [-0.3, -0.25) is 9.59 Å². The van der Waals surface area contributed by atoms with Gasteiger partial charge in [0, 0.05) is 19.8 Å². The van der Waals surface area contributed by atoms with Gasteiger partial charge in [-0.25, -0.2) is 4.98 Å². The quantitative estimate of drug-likeness (QED) is 0.738. The van der Waals surface area contributed by atoms with Crippen LogP contribution in [0.5, 0.6) is 5.75 Å². The zero-order chi connectivity index (χ0) is 17.6. The van der Waals surface area contributed by atoms with Gasteiger partial charge in [0.1, 0.15) is 23.7 Å². The van der Waals surface area contributed by atoms with E-state index in [4.69, 9.17) is 4.74 Å². The highest BCUT2D eigenvalue weighted by molar-refractivity contribution is 7.07. The Morgan fingerprint density at radius 3 is 2.76 bits per heavy atom. The molecule has 0 aliphatic carbocycles. The van der Waals surface area contributed by atoms with E-state index in [2.05, 4.69) is 9.97 Å². The molecule has 3 rings (SSSR count). The first kappa shape index (κ1) is 16.9. The van der Waals surface area contributed by atoms with E-state index in [0.29, 0.717) is 18.1 Å². The Hall–Kier alpha value is -2.93. The van der Waals surface area contributed by atoms with Crippen molar-refractivity contribution in [2.45, 2.75) is 13.2 Å². The van der Waals surface area contributed by atoms with Gasteiger partial charge in [0.15, 0.2) is 0 Å². The maximum absolute atomic E-state index is 12.4. The molecule has 2 aromatic heterocycles. The standard InChI is InChI=1S/C18H17N3O3S/c1-21(10-13-7-8-25-12-13)18(23)15-9-19-16(20-17(15)22)11-24-14-5-3-2-4-6-14/h2-9,12H,10-11H2,1H3,(H,19,20,22). The first-order chi connectivity index (χ1) is 12.1. The second-order valence-electron chi connectivity index (χ2n) is 5.47. The Labute approximate surface area is 148 Å². The number of aromatic nitrogens is 2. The van der Waals surface area contributed by atoms with Crippen molar-refractivity contribution in [2.24, 2.45) is 0 Å². The molecule has 0 radical (unpaired) electrons. The van der Waals surface area contributed by atoms with Crippen LogP contribution in [0.15, 0.2) is 58.1 Å².